The first-order valence-electron chi connectivity index (χ1n) is 9.37. The smallest absolute Gasteiger partial charge is 0.311 e. The fourth-order valence-electron chi connectivity index (χ4n) is 3.49. The largest absolute Gasteiger partial charge is 0.490 e. The Morgan fingerprint density at radius 3 is 2.61 bits per heavy atom. The number of ether oxygens (including phenoxy) is 1. The van der Waals surface area contributed by atoms with Crippen molar-refractivity contribution in [1.82, 2.24) is 4.90 Å². The van der Waals surface area contributed by atoms with Crippen LogP contribution >= 0.6 is 0 Å². The van der Waals surface area contributed by atoms with Crippen molar-refractivity contribution in [2.24, 2.45) is 0 Å². The van der Waals surface area contributed by atoms with Gasteiger partial charge in [0.2, 0.25) is 5.91 Å². The molecular formula is C21H25N3O4. The van der Waals surface area contributed by atoms with Crippen molar-refractivity contribution in [2.45, 2.75) is 25.8 Å². The molecule has 148 valence electrons. The van der Waals surface area contributed by atoms with Gasteiger partial charge < -0.3 is 14.5 Å². The summed E-state index contributed by atoms with van der Waals surface area (Å²) in [6.45, 7) is 2.65. The molecule has 0 radical (unpaired) electrons. The lowest BCUT2D eigenvalue weighted by atomic mass is 10.1. The zero-order valence-electron chi connectivity index (χ0n) is 16.3. The highest BCUT2D eigenvalue weighted by molar-refractivity contribution is 5.79. The van der Waals surface area contributed by atoms with Gasteiger partial charge in [-0.25, -0.2) is 0 Å². The first-order chi connectivity index (χ1) is 13.5. The number of hydrogen-bond donors (Lipinski definition) is 0. The highest BCUT2D eigenvalue weighted by atomic mass is 16.6. The number of benzene rings is 2. The molecule has 1 aliphatic rings. The third kappa shape index (κ3) is 4.60. The molecule has 2 aromatic rings. The van der Waals surface area contributed by atoms with Gasteiger partial charge in [-0.1, -0.05) is 18.2 Å². The fourth-order valence-corrected chi connectivity index (χ4v) is 3.49. The zero-order chi connectivity index (χ0) is 20.1. The molecule has 1 amide bonds. The van der Waals surface area contributed by atoms with E-state index < -0.39 is 4.92 Å². The van der Waals surface area contributed by atoms with Gasteiger partial charge in [0.1, 0.15) is 0 Å². The molecule has 1 heterocycles. The lowest BCUT2D eigenvalue weighted by Gasteiger charge is -2.21. The number of rotatable bonds is 7. The van der Waals surface area contributed by atoms with E-state index in [2.05, 4.69) is 17.0 Å². The Hall–Kier alpha value is -3.09. The van der Waals surface area contributed by atoms with E-state index in [-0.39, 0.29) is 23.8 Å². The van der Waals surface area contributed by atoms with Gasteiger partial charge in [0.15, 0.2) is 5.75 Å². The van der Waals surface area contributed by atoms with E-state index in [9.17, 15) is 14.9 Å². The van der Waals surface area contributed by atoms with Gasteiger partial charge in [0.25, 0.3) is 0 Å². The van der Waals surface area contributed by atoms with Gasteiger partial charge >= 0.3 is 5.69 Å². The van der Waals surface area contributed by atoms with Crippen LogP contribution in [0.3, 0.4) is 0 Å². The van der Waals surface area contributed by atoms with Gasteiger partial charge in [-0.3, -0.25) is 14.9 Å². The number of methoxy groups -OCH3 is 1. The average molecular weight is 383 g/mol. The predicted octanol–water partition coefficient (Wildman–Crippen LogP) is 3.40. The Morgan fingerprint density at radius 2 is 1.93 bits per heavy atom. The molecule has 1 aliphatic heterocycles. The Labute approximate surface area is 164 Å². The molecule has 0 aliphatic carbocycles. The number of carbonyl (C=O) groups excluding carboxylic acids is 1. The molecule has 0 bridgehead atoms. The molecule has 0 atom stereocenters. The summed E-state index contributed by atoms with van der Waals surface area (Å²) < 4.78 is 5.01. The quantitative estimate of drug-likeness (QED) is 0.541. The van der Waals surface area contributed by atoms with E-state index in [1.165, 1.54) is 37.8 Å². The van der Waals surface area contributed by atoms with Gasteiger partial charge in [0.05, 0.1) is 18.5 Å². The molecule has 0 N–H and O–H groups in total. The second kappa shape index (κ2) is 8.73. The minimum Gasteiger partial charge on any atom is -0.490 e. The Balaban J connectivity index is 1.66. The lowest BCUT2D eigenvalue weighted by molar-refractivity contribution is -0.385. The number of amides is 1. The summed E-state index contributed by atoms with van der Waals surface area (Å²) in [5.74, 6) is 0.0966. The average Bonchev–Trinajstić information content (AvgIpc) is 3.23. The third-order valence-corrected chi connectivity index (χ3v) is 5.02. The van der Waals surface area contributed by atoms with E-state index in [1.54, 1.807) is 18.0 Å². The van der Waals surface area contributed by atoms with Crippen LogP contribution in [0.5, 0.6) is 5.75 Å². The molecule has 28 heavy (non-hydrogen) atoms. The van der Waals surface area contributed by atoms with Gasteiger partial charge in [-0.05, 0) is 42.2 Å². The summed E-state index contributed by atoms with van der Waals surface area (Å²) in [4.78, 5) is 27.3. The van der Waals surface area contributed by atoms with Crippen LogP contribution in [0.2, 0.25) is 0 Å². The van der Waals surface area contributed by atoms with E-state index in [4.69, 9.17) is 4.74 Å². The maximum atomic E-state index is 12.6. The van der Waals surface area contributed by atoms with E-state index in [0.717, 1.165) is 18.7 Å². The SMILES string of the molecule is COc1ccc(CC(=O)N(C)Cc2cccc(N3CCCC3)c2)cc1[N+](=O)[O-]. The third-order valence-electron chi connectivity index (χ3n) is 5.02. The maximum Gasteiger partial charge on any atom is 0.311 e. The van der Waals surface area contributed by atoms with E-state index in [0.29, 0.717) is 12.1 Å². The molecular weight excluding hydrogens is 358 g/mol. The molecule has 3 rings (SSSR count). The maximum absolute atomic E-state index is 12.6. The number of carbonyl (C=O) groups is 1. The number of likely N-dealkylation sites (N-methyl/N-ethyl adjacent to an activating group) is 1. The van der Waals surface area contributed by atoms with Crippen LogP contribution in [0.4, 0.5) is 11.4 Å². The Bertz CT molecular complexity index is 862. The Morgan fingerprint density at radius 1 is 1.18 bits per heavy atom. The molecule has 7 nitrogen and oxygen atoms in total. The summed E-state index contributed by atoms with van der Waals surface area (Å²) in [5.41, 5.74) is 2.73. The van der Waals surface area contributed by atoms with Crippen molar-refractivity contribution in [1.29, 1.82) is 0 Å². The number of anilines is 1. The molecule has 0 spiro atoms. The number of nitro groups is 1. The highest BCUT2D eigenvalue weighted by Crippen LogP contribution is 2.28. The van der Waals surface area contributed by atoms with Crippen LogP contribution in [0.1, 0.15) is 24.0 Å². The second-order valence-corrected chi connectivity index (χ2v) is 7.05. The van der Waals surface area contributed by atoms with Gasteiger partial charge in [-0.2, -0.15) is 0 Å². The minimum atomic E-state index is -0.500. The second-order valence-electron chi connectivity index (χ2n) is 7.05. The van der Waals surface area contributed by atoms with Crippen LogP contribution in [0.15, 0.2) is 42.5 Å². The topological polar surface area (TPSA) is 75.9 Å². The van der Waals surface area contributed by atoms with Crippen molar-refractivity contribution < 1.29 is 14.5 Å². The van der Waals surface area contributed by atoms with Crippen molar-refractivity contribution in [2.75, 3.05) is 32.1 Å². The van der Waals surface area contributed by atoms with Crippen molar-refractivity contribution >= 4 is 17.3 Å². The van der Waals surface area contributed by atoms with Gasteiger partial charge in [0, 0.05) is 38.4 Å². The van der Waals surface area contributed by atoms with Crippen LogP contribution < -0.4 is 9.64 Å². The minimum absolute atomic E-state index is 0.0916. The van der Waals surface area contributed by atoms with Crippen molar-refractivity contribution in [3.63, 3.8) is 0 Å². The fraction of sp³-hybridized carbons (Fsp3) is 0.381. The molecule has 0 unspecified atom stereocenters. The summed E-state index contributed by atoms with van der Waals surface area (Å²) in [6, 6.07) is 12.9. The molecule has 2 aromatic carbocycles. The summed E-state index contributed by atoms with van der Waals surface area (Å²) in [7, 11) is 3.14. The highest BCUT2D eigenvalue weighted by Gasteiger charge is 2.18. The van der Waals surface area contributed by atoms with Crippen LogP contribution in [0, 0.1) is 10.1 Å². The number of hydrogen-bond acceptors (Lipinski definition) is 5. The van der Waals surface area contributed by atoms with Gasteiger partial charge in [-0.15, -0.1) is 0 Å². The molecule has 1 fully saturated rings. The first-order valence-corrected chi connectivity index (χ1v) is 9.37. The number of nitro benzene ring substituents is 1. The van der Waals surface area contributed by atoms with Crippen molar-refractivity contribution in [3.8, 4) is 5.75 Å². The van der Waals surface area contributed by atoms with E-state index in [1.807, 2.05) is 12.1 Å². The van der Waals surface area contributed by atoms with Crippen LogP contribution in [-0.2, 0) is 17.8 Å². The molecule has 7 heteroatoms. The number of nitrogens with zero attached hydrogens (tertiary/aromatic N) is 3. The Kier molecular flexibility index (Phi) is 6.13. The van der Waals surface area contributed by atoms with Crippen LogP contribution in [-0.4, -0.2) is 43.0 Å². The first kappa shape index (κ1) is 19.7. The molecule has 0 saturated carbocycles. The van der Waals surface area contributed by atoms with Crippen LogP contribution in [0.25, 0.3) is 0 Å². The van der Waals surface area contributed by atoms with Crippen molar-refractivity contribution in [3.05, 3.63) is 63.7 Å². The molecule has 0 aromatic heterocycles. The lowest BCUT2D eigenvalue weighted by Crippen LogP contribution is -2.28. The standard InChI is InChI=1S/C21H25N3O4/c1-22(15-17-6-5-7-18(12-17)23-10-3-4-11-23)21(25)14-16-8-9-20(28-2)19(13-16)24(26)27/h5-9,12-13H,3-4,10-11,14-15H2,1-2H3. The summed E-state index contributed by atoms with van der Waals surface area (Å²) in [5, 5.41) is 11.2. The zero-order valence-corrected chi connectivity index (χ0v) is 16.3. The summed E-state index contributed by atoms with van der Waals surface area (Å²) >= 11 is 0. The normalized spacial score (nSPS) is 13.4. The predicted molar refractivity (Wildman–Crippen MR) is 108 cm³/mol. The molecule has 1 saturated heterocycles. The summed E-state index contributed by atoms with van der Waals surface area (Å²) in [6.07, 6.45) is 2.54. The monoisotopic (exact) mass is 383 g/mol. The van der Waals surface area contributed by atoms with E-state index >= 15 is 0 Å².